The topological polar surface area (TPSA) is 35.6 Å². The van der Waals surface area contributed by atoms with Crippen LogP contribution in [0.5, 0.6) is 0 Å². The minimum absolute atomic E-state index is 0.00538. The van der Waals surface area contributed by atoms with Gasteiger partial charge in [0.15, 0.2) is 0 Å². The predicted molar refractivity (Wildman–Crippen MR) is 87.0 cm³/mol. The van der Waals surface area contributed by atoms with E-state index in [1.165, 1.54) is 25.7 Å². The van der Waals surface area contributed by atoms with E-state index in [1.54, 1.807) is 0 Å². The zero-order chi connectivity index (χ0) is 15.6. The summed E-state index contributed by atoms with van der Waals surface area (Å²) in [4.78, 5) is 17.2. The van der Waals surface area contributed by atoms with Gasteiger partial charge in [-0.05, 0) is 31.7 Å². The SMILES string of the molecule is CC(C)C1NC(C(C)C)N(CCN(C)C2CCCC2)C1=O. The highest BCUT2D eigenvalue weighted by molar-refractivity contribution is 5.84. The van der Waals surface area contributed by atoms with Gasteiger partial charge >= 0.3 is 0 Å². The van der Waals surface area contributed by atoms with Gasteiger partial charge in [-0.1, -0.05) is 40.5 Å². The van der Waals surface area contributed by atoms with Crippen LogP contribution in [-0.2, 0) is 4.79 Å². The first-order valence-electron chi connectivity index (χ1n) is 8.68. The summed E-state index contributed by atoms with van der Waals surface area (Å²) in [5.74, 6) is 1.11. The first kappa shape index (κ1) is 16.8. The van der Waals surface area contributed by atoms with Crippen LogP contribution in [0.4, 0.5) is 0 Å². The third-order valence-electron chi connectivity index (χ3n) is 5.18. The van der Waals surface area contributed by atoms with Gasteiger partial charge in [-0.3, -0.25) is 10.1 Å². The molecule has 21 heavy (non-hydrogen) atoms. The first-order chi connectivity index (χ1) is 9.91. The van der Waals surface area contributed by atoms with Gasteiger partial charge in [0.2, 0.25) is 5.91 Å². The van der Waals surface area contributed by atoms with Crippen LogP contribution in [0, 0.1) is 11.8 Å². The Hall–Kier alpha value is -0.610. The Morgan fingerprint density at radius 2 is 1.81 bits per heavy atom. The van der Waals surface area contributed by atoms with Crippen molar-refractivity contribution >= 4 is 5.91 Å². The summed E-state index contributed by atoms with van der Waals surface area (Å²) in [5, 5.41) is 3.54. The van der Waals surface area contributed by atoms with Crippen LogP contribution in [0.25, 0.3) is 0 Å². The molecule has 2 aliphatic rings. The lowest BCUT2D eigenvalue weighted by Crippen LogP contribution is -2.45. The van der Waals surface area contributed by atoms with Crippen molar-refractivity contribution in [1.82, 2.24) is 15.1 Å². The molecule has 0 spiro atoms. The number of carbonyl (C=O) groups excluding carboxylic acids is 1. The zero-order valence-corrected chi connectivity index (χ0v) is 14.4. The van der Waals surface area contributed by atoms with Crippen LogP contribution in [0.15, 0.2) is 0 Å². The highest BCUT2D eigenvalue weighted by Crippen LogP contribution is 2.24. The molecule has 122 valence electrons. The van der Waals surface area contributed by atoms with Crippen molar-refractivity contribution in [3.05, 3.63) is 0 Å². The molecule has 0 aromatic rings. The molecule has 1 aliphatic carbocycles. The smallest absolute Gasteiger partial charge is 0.241 e. The van der Waals surface area contributed by atoms with E-state index in [2.05, 4.69) is 49.9 Å². The molecular formula is C17H33N3O. The Bertz CT molecular complexity index is 350. The maximum Gasteiger partial charge on any atom is 0.241 e. The minimum atomic E-state index is -0.00538. The van der Waals surface area contributed by atoms with Crippen molar-refractivity contribution in [2.75, 3.05) is 20.1 Å². The third kappa shape index (κ3) is 3.78. The van der Waals surface area contributed by atoms with Gasteiger partial charge in [0, 0.05) is 19.1 Å². The lowest BCUT2D eigenvalue weighted by molar-refractivity contribution is -0.131. The van der Waals surface area contributed by atoms with Gasteiger partial charge in [0.05, 0.1) is 12.2 Å². The highest BCUT2D eigenvalue weighted by atomic mass is 16.2. The number of nitrogens with one attached hydrogen (secondary N) is 1. The Labute approximate surface area is 130 Å². The van der Waals surface area contributed by atoms with Gasteiger partial charge in [0.25, 0.3) is 0 Å². The largest absolute Gasteiger partial charge is 0.324 e. The van der Waals surface area contributed by atoms with Crippen molar-refractivity contribution in [1.29, 1.82) is 0 Å². The van der Waals surface area contributed by atoms with E-state index >= 15 is 0 Å². The quantitative estimate of drug-likeness (QED) is 0.817. The van der Waals surface area contributed by atoms with Crippen LogP contribution in [0.1, 0.15) is 53.4 Å². The molecule has 4 nitrogen and oxygen atoms in total. The number of likely N-dealkylation sites (N-methyl/N-ethyl adjacent to an activating group) is 1. The summed E-state index contributed by atoms with van der Waals surface area (Å²) in [7, 11) is 2.22. The fourth-order valence-corrected chi connectivity index (χ4v) is 3.73. The van der Waals surface area contributed by atoms with Gasteiger partial charge in [0.1, 0.15) is 0 Å². The molecule has 2 atom stereocenters. The average Bonchev–Trinajstić information content (AvgIpc) is 3.03. The average molecular weight is 295 g/mol. The van der Waals surface area contributed by atoms with Crippen molar-refractivity contribution in [3.8, 4) is 0 Å². The maximum atomic E-state index is 12.6. The molecule has 0 bridgehead atoms. The summed E-state index contributed by atoms with van der Waals surface area (Å²) in [6, 6.07) is 0.725. The molecule has 1 heterocycles. The number of carbonyl (C=O) groups is 1. The summed E-state index contributed by atoms with van der Waals surface area (Å²) < 4.78 is 0. The molecule has 2 unspecified atom stereocenters. The number of hydrogen-bond donors (Lipinski definition) is 1. The van der Waals surface area contributed by atoms with Crippen LogP contribution in [0.3, 0.4) is 0 Å². The van der Waals surface area contributed by atoms with Gasteiger partial charge in [-0.25, -0.2) is 0 Å². The van der Waals surface area contributed by atoms with E-state index in [1.807, 2.05) is 0 Å². The molecule has 0 aromatic carbocycles. The highest BCUT2D eigenvalue weighted by Gasteiger charge is 2.41. The second-order valence-electron chi connectivity index (χ2n) is 7.53. The van der Waals surface area contributed by atoms with E-state index in [0.29, 0.717) is 17.7 Å². The molecule has 2 rings (SSSR count). The molecule has 1 N–H and O–H groups in total. The molecule has 1 saturated carbocycles. The summed E-state index contributed by atoms with van der Waals surface area (Å²) in [6.45, 7) is 10.5. The van der Waals surface area contributed by atoms with Crippen molar-refractivity contribution in [2.45, 2.75) is 71.6 Å². The Morgan fingerprint density at radius 3 is 2.33 bits per heavy atom. The Balaban J connectivity index is 1.93. The molecule has 2 fully saturated rings. The van der Waals surface area contributed by atoms with Crippen LogP contribution in [0.2, 0.25) is 0 Å². The Morgan fingerprint density at radius 1 is 1.19 bits per heavy atom. The van der Waals surface area contributed by atoms with Crippen molar-refractivity contribution < 1.29 is 4.79 Å². The van der Waals surface area contributed by atoms with Crippen LogP contribution < -0.4 is 5.32 Å². The molecule has 0 radical (unpaired) electrons. The van der Waals surface area contributed by atoms with E-state index in [9.17, 15) is 4.79 Å². The second-order valence-corrected chi connectivity index (χ2v) is 7.53. The zero-order valence-electron chi connectivity index (χ0n) is 14.4. The standard InChI is InChI=1S/C17H33N3O/c1-12(2)15-17(21)20(16(18-15)13(3)4)11-10-19(5)14-8-6-7-9-14/h12-16,18H,6-11H2,1-5H3. The fraction of sp³-hybridized carbons (Fsp3) is 0.941. The van der Waals surface area contributed by atoms with E-state index < -0.39 is 0 Å². The molecule has 1 aliphatic heterocycles. The molecule has 1 saturated heterocycles. The number of rotatable bonds is 6. The molecule has 4 heteroatoms. The maximum absolute atomic E-state index is 12.6. The van der Waals surface area contributed by atoms with Gasteiger partial charge in [-0.15, -0.1) is 0 Å². The van der Waals surface area contributed by atoms with E-state index in [0.717, 1.165) is 19.1 Å². The Kier molecular flexibility index (Phi) is 5.67. The van der Waals surface area contributed by atoms with Crippen molar-refractivity contribution in [2.24, 2.45) is 11.8 Å². The summed E-state index contributed by atoms with van der Waals surface area (Å²) >= 11 is 0. The van der Waals surface area contributed by atoms with E-state index in [4.69, 9.17) is 0 Å². The lowest BCUT2D eigenvalue weighted by Gasteiger charge is -2.31. The third-order valence-corrected chi connectivity index (χ3v) is 5.18. The second kappa shape index (κ2) is 7.10. The first-order valence-corrected chi connectivity index (χ1v) is 8.68. The summed E-state index contributed by atoms with van der Waals surface area (Å²) in [6.07, 6.45) is 5.57. The lowest BCUT2D eigenvalue weighted by atomic mass is 10.0. The predicted octanol–water partition coefficient (Wildman–Crippen LogP) is 2.30. The number of amides is 1. The van der Waals surface area contributed by atoms with Crippen molar-refractivity contribution in [3.63, 3.8) is 0 Å². The normalized spacial score (nSPS) is 27.8. The number of hydrogen-bond acceptors (Lipinski definition) is 3. The molecule has 1 amide bonds. The van der Waals surface area contributed by atoms with E-state index in [-0.39, 0.29) is 12.2 Å². The van der Waals surface area contributed by atoms with Crippen LogP contribution in [-0.4, -0.2) is 54.1 Å². The van der Waals surface area contributed by atoms with Crippen LogP contribution >= 0.6 is 0 Å². The van der Waals surface area contributed by atoms with Gasteiger partial charge in [-0.2, -0.15) is 0 Å². The monoisotopic (exact) mass is 295 g/mol. The summed E-state index contributed by atoms with van der Waals surface area (Å²) in [5.41, 5.74) is 0. The fourth-order valence-electron chi connectivity index (χ4n) is 3.73. The molecular weight excluding hydrogens is 262 g/mol. The molecule has 0 aromatic heterocycles. The minimum Gasteiger partial charge on any atom is -0.324 e. The van der Waals surface area contributed by atoms with Gasteiger partial charge < -0.3 is 9.80 Å². The number of nitrogens with zero attached hydrogens (tertiary/aromatic N) is 2.